The Morgan fingerprint density at radius 1 is 1.22 bits per heavy atom. The zero-order valence-electron chi connectivity index (χ0n) is 12.8. The van der Waals surface area contributed by atoms with Crippen molar-refractivity contribution in [2.45, 2.75) is 43.7 Å². The topological polar surface area (TPSA) is 55.1 Å². The smallest absolute Gasteiger partial charge is 0.354 e. The number of benzene rings is 1. The van der Waals surface area contributed by atoms with Gasteiger partial charge in [-0.05, 0) is 24.5 Å². The SMILES string of the molecule is Cl.NCC(=O)NCC1(c2cccc(C(F)(F)F)c2)CCCCC1. The fourth-order valence-corrected chi connectivity index (χ4v) is 3.16. The predicted molar refractivity (Wildman–Crippen MR) is 85.5 cm³/mol. The lowest BCUT2D eigenvalue weighted by molar-refractivity contribution is -0.137. The van der Waals surface area contributed by atoms with Crippen LogP contribution in [0.2, 0.25) is 0 Å². The summed E-state index contributed by atoms with van der Waals surface area (Å²) in [6, 6.07) is 5.48. The van der Waals surface area contributed by atoms with Crippen LogP contribution in [0.25, 0.3) is 0 Å². The number of alkyl halides is 3. The third-order valence-electron chi connectivity index (χ3n) is 4.42. The molecule has 0 aliphatic heterocycles. The molecule has 2 rings (SSSR count). The molecule has 0 heterocycles. The molecule has 1 fully saturated rings. The Kier molecular flexibility index (Phi) is 6.89. The minimum Gasteiger partial charge on any atom is -0.354 e. The van der Waals surface area contributed by atoms with E-state index in [4.69, 9.17) is 5.73 Å². The molecule has 0 saturated heterocycles. The minimum absolute atomic E-state index is 0. The molecule has 0 radical (unpaired) electrons. The highest BCUT2D eigenvalue weighted by Gasteiger charge is 2.37. The van der Waals surface area contributed by atoms with Crippen molar-refractivity contribution in [3.63, 3.8) is 0 Å². The second-order valence-corrected chi connectivity index (χ2v) is 5.90. The van der Waals surface area contributed by atoms with Crippen molar-refractivity contribution in [3.05, 3.63) is 35.4 Å². The van der Waals surface area contributed by atoms with E-state index in [0.717, 1.165) is 38.2 Å². The second kappa shape index (κ2) is 8.02. The Morgan fingerprint density at radius 3 is 2.43 bits per heavy atom. The van der Waals surface area contributed by atoms with Crippen molar-refractivity contribution >= 4 is 18.3 Å². The van der Waals surface area contributed by atoms with Crippen molar-refractivity contribution in [1.82, 2.24) is 5.32 Å². The van der Waals surface area contributed by atoms with E-state index in [9.17, 15) is 18.0 Å². The lowest BCUT2D eigenvalue weighted by Gasteiger charge is -2.38. The molecule has 23 heavy (non-hydrogen) atoms. The maximum Gasteiger partial charge on any atom is 0.416 e. The minimum atomic E-state index is -4.35. The zero-order valence-corrected chi connectivity index (χ0v) is 13.6. The monoisotopic (exact) mass is 350 g/mol. The largest absolute Gasteiger partial charge is 0.416 e. The number of halogens is 4. The highest BCUT2D eigenvalue weighted by atomic mass is 35.5. The van der Waals surface area contributed by atoms with Gasteiger partial charge in [-0.3, -0.25) is 4.79 Å². The molecule has 3 N–H and O–H groups in total. The summed E-state index contributed by atoms with van der Waals surface area (Å²) in [6.07, 6.45) is 0.180. The first-order valence-electron chi connectivity index (χ1n) is 7.52. The number of carbonyl (C=O) groups excluding carboxylic acids is 1. The average Bonchev–Trinajstić information content (AvgIpc) is 2.53. The molecular formula is C16H22ClF3N2O. The van der Waals surface area contributed by atoms with Crippen LogP contribution in [0.1, 0.15) is 43.2 Å². The van der Waals surface area contributed by atoms with E-state index in [2.05, 4.69) is 5.32 Å². The number of rotatable bonds is 4. The molecule has 7 heteroatoms. The average molecular weight is 351 g/mol. The van der Waals surface area contributed by atoms with E-state index in [1.54, 1.807) is 6.07 Å². The predicted octanol–water partition coefficient (Wildman–Crippen LogP) is 3.40. The molecule has 1 saturated carbocycles. The van der Waals surface area contributed by atoms with Gasteiger partial charge in [0.05, 0.1) is 12.1 Å². The van der Waals surface area contributed by atoms with Crippen LogP contribution in [0.15, 0.2) is 24.3 Å². The third kappa shape index (κ3) is 4.85. The normalized spacial score (nSPS) is 17.2. The fourth-order valence-electron chi connectivity index (χ4n) is 3.16. The van der Waals surface area contributed by atoms with Gasteiger partial charge in [0.15, 0.2) is 0 Å². The van der Waals surface area contributed by atoms with Crippen LogP contribution >= 0.6 is 12.4 Å². The summed E-state index contributed by atoms with van der Waals surface area (Å²) in [6.45, 7) is 0.225. The number of amides is 1. The van der Waals surface area contributed by atoms with Crippen LogP contribution in [0.4, 0.5) is 13.2 Å². The lowest BCUT2D eigenvalue weighted by atomic mass is 9.69. The molecule has 0 unspecified atom stereocenters. The number of hydrogen-bond acceptors (Lipinski definition) is 2. The lowest BCUT2D eigenvalue weighted by Crippen LogP contribution is -2.44. The van der Waals surface area contributed by atoms with E-state index in [-0.39, 0.29) is 24.9 Å². The van der Waals surface area contributed by atoms with Gasteiger partial charge < -0.3 is 11.1 Å². The van der Waals surface area contributed by atoms with E-state index in [1.165, 1.54) is 12.1 Å². The van der Waals surface area contributed by atoms with Crippen LogP contribution < -0.4 is 11.1 Å². The molecule has 1 aliphatic carbocycles. The van der Waals surface area contributed by atoms with E-state index >= 15 is 0 Å². The Hall–Kier alpha value is -1.27. The van der Waals surface area contributed by atoms with Crippen molar-refractivity contribution in [1.29, 1.82) is 0 Å². The Balaban J connectivity index is 0.00000264. The molecule has 0 aromatic heterocycles. The Labute approximate surface area is 140 Å². The highest BCUT2D eigenvalue weighted by Crippen LogP contribution is 2.41. The Morgan fingerprint density at radius 2 is 1.87 bits per heavy atom. The van der Waals surface area contributed by atoms with Crippen molar-refractivity contribution < 1.29 is 18.0 Å². The van der Waals surface area contributed by atoms with Gasteiger partial charge in [-0.25, -0.2) is 0 Å². The summed E-state index contributed by atoms with van der Waals surface area (Å²) in [7, 11) is 0. The summed E-state index contributed by atoms with van der Waals surface area (Å²) < 4.78 is 38.8. The van der Waals surface area contributed by atoms with Crippen molar-refractivity contribution in [3.8, 4) is 0 Å². The summed E-state index contributed by atoms with van der Waals surface area (Å²) in [5, 5.41) is 2.75. The standard InChI is InChI=1S/C16H21F3N2O.ClH/c17-16(18,19)13-6-4-5-12(9-13)15(7-2-1-3-8-15)11-21-14(22)10-20;/h4-6,9H,1-3,7-8,10-11,20H2,(H,21,22);1H. The number of carbonyl (C=O) groups is 1. The van der Waals surface area contributed by atoms with Gasteiger partial charge in [0.1, 0.15) is 0 Å². The van der Waals surface area contributed by atoms with Gasteiger partial charge in [-0.2, -0.15) is 13.2 Å². The Bertz CT molecular complexity index is 528. The van der Waals surface area contributed by atoms with Crippen molar-refractivity contribution in [2.75, 3.05) is 13.1 Å². The van der Waals surface area contributed by atoms with Gasteiger partial charge in [-0.15, -0.1) is 12.4 Å². The van der Waals surface area contributed by atoms with E-state index in [1.807, 2.05) is 0 Å². The summed E-state index contributed by atoms with van der Waals surface area (Å²) >= 11 is 0. The molecule has 1 aromatic carbocycles. The number of hydrogen-bond donors (Lipinski definition) is 2. The summed E-state index contributed by atoms with van der Waals surface area (Å²) in [5.41, 5.74) is 4.88. The molecule has 0 spiro atoms. The van der Waals surface area contributed by atoms with E-state index < -0.39 is 17.2 Å². The molecule has 1 aromatic rings. The highest BCUT2D eigenvalue weighted by molar-refractivity contribution is 5.85. The molecule has 1 aliphatic rings. The molecule has 0 atom stereocenters. The summed E-state index contributed by atoms with van der Waals surface area (Å²) in [4.78, 5) is 11.4. The van der Waals surface area contributed by atoms with Gasteiger partial charge in [0.2, 0.25) is 5.91 Å². The van der Waals surface area contributed by atoms with Crippen LogP contribution in [0.5, 0.6) is 0 Å². The second-order valence-electron chi connectivity index (χ2n) is 5.90. The van der Waals surface area contributed by atoms with Gasteiger partial charge >= 0.3 is 6.18 Å². The fraction of sp³-hybridized carbons (Fsp3) is 0.562. The van der Waals surface area contributed by atoms with Gasteiger partial charge in [-0.1, -0.05) is 37.5 Å². The van der Waals surface area contributed by atoms with Crippen LogP contribution in [-0.4, -0.2) is 19.0 Å². The van der Waals surface area contributed by atoms with E-state index in [0.29, 0.717) is 12.1 Å². The quantitative estimate of drug-likeness (QED) is 0.874. The van der Waals surface area contributed by atoms with Crippen molar-refractivity contribution in [2.24, 2.45) is 5.73 Å². The van der Waals surface area contributed by atoms with Crippen LogP contribution in [-0.2, 0) is 16.4 Å². The maximum absolute atomic E-state index is 12.9. The number of nitrogens with one attached hydrogen (secondary N) is 1. The van der Waals surface area contributed by atoms with Gasteiger partial charge in [0, 0.05) is 12.0 Å². The molecule has 130 valence electrons. The first kappa shape index (κ1) is 19.8. The number of nitrogens with two attached hydrogens (primary N) is 1. The first-order chi connectivity index (χ1) is 10.4. The molecule has 0 bridgehead atoms. The first-order valence-corrected chi connectivity index (χ1v) is 7.52. The molecule has 1 amide bonds. The van der Waals surface area contributed by atoms with Gasteiger partial charge in [0.25, 0.3) is 0 Å². The molecule has 3 nitrogen and oxygen atoms in total. The third-order valence-corrected chi connectivity index (χ3v) is 4.42. The zero-order chi connectivity index (χ0) is 16.2. The molecular weight excluding hydrogens is 329 g/mol. The summed E-state index contributed by atoms with van der Waals surface area (Å²) in [5.74, 6) is -0.281. The maximum atomic E-state index is 12.9. The van der Waals surface area contributed by atoms with Crippen LogP contribution in [0.3, 0.4) is 0 Å². The van der Waals surface area contributed by atoms with Crippen LogP contribution in [0, 0.1) is 0 Å².